The summed E-state index contributed by atoms with van der Waals surface area (Å²) in [6.07, 6.45) is 0.693. The van der Waals surface area contributed by atoms with Crippen LogP contribution < -0.4 is 10.7 Å². The third kappa shape index (κ3) is 6.71. The molecule has 0 fully saturated rings. The Balaban J connectivity index is 1.47. The Morgan fingerprint density at radius 3 is 2.60 bits per heavy atom. The third-order valence-corrected chi connectivity index (χ3v) is 8.45. The summed E-state index contributed by atoms with van der Waals surface area (Å²) in [6, 6.07) is 11.4. The van der Waals surface area contributed by atoms with Gasteiger partial charge in [-0.15, -0.1) is 11.3 Å². The minimum absolute atomic E-state index is 0.00917. The number of nitrogens with one attached hydrogen (secondary N) is 1. The number of hydrogen-bond donors (Lipinski definition) is 2. The second-order valence-electron chi connectivity index (χ2n) is 9.68. The lowest BCUT2D eigenvalue weighted by Crippen LogP contribution is -2.27. The van der Waals surface area contributed by atoms with Crippen molar-refractivity contribution in [1.29, 1.82) is 0 Å². The van der Waals surface area contributed by atoms with Gasteiger partial charge in [-0.2, -0.15) is 0 Å². The number of halogens is 2. The first-order valence-electron chi connectivity index (χ1n) is 12.4. The topological polar surface area (TPSA) is 118 Å². The molecule has 4 rings (SSSR count). The van der Waals surface area contributed by atoms with E-state index in [2.05, 4.69) is 5.32 Å². The van der Waals surface area contributed by atoms with Crippen molar-refractivity contribution in [2.45, 2.75) is 32.5 Å². The summed E-state index contributed by atoms with van der Waals surface area (Å²) in [5, 5.41) is 25.4. The number of carbonyl (C=O) groups excluding carboxylic acids is 1. The van der Waals surface area contributed by atoms with E-state index in [4.69, 9.17) is 23.2 Å². The van der Waals surface area contributed by atoms with E-state index in [0.717, 1.165) is 21.5 Å². The lowest BCUT2D eigenvalue weighted by atomic mass is 10.1. The second-order valence-corrected chi connectivity index (χ2v) is 11.6. The number of benzene rings is 2. The Labute approximate surface area is 244 Å². The molecule has 0 bridgehead atoms. The molecule has 2 aromatic carbocycles. The summed E-state index contributed by atoms with van der Waals surface area (Å²) < 4.78 is 2.44. The predicted molar refractivity (Wildman–Crippen MR) is 158 cm³/mol. The highest BCUT2D eigenvalue weighted by atomic mass is 35.5. The van der Waals surface area contributed by atoms with Gasteiger partial charge in [0, 0.05) is 54.4 Å². The van der Waals surface area contributed by atoms with Crippen molar-refractivity contribution in [2.75, 3.05) is 13.6 Å². The second kappa shape index (κ2) is 12.5. The van der Waals surface area contributed by atoms with Gasteiger partial charge in [-0.1, -0.05) is 41.4 Å². The molecule has 2 heterocycles. The Kier molecular flexibility index (Phi) is 9.27. The number of fused-ring (bicyclic) bond motifs is 1. The van der Waals surface area contributed by atoms with E-state index in [-0.39, 0.29) is 35.0 Å². The molecule has 210 valence electrons. The van der Waals surface area contributed by atoms with Crippen molar-refractivity contribution in [3.63, 3.8) is 0 Å². The molecule has 12 heteroatoms. The highest BCUT2D eigenvalue weighted by Crippen LogP contribution is 2.31. The Bertz CT molecular complexity index is 1630. The fraction of sp³-hybridized carbons (Fsp3) is 0.286. The van der Waals surface area contributed by atoms with Crippen LogP contribution in [0.15, 0.2) is 53.5 Å². The normalized spacial score (nSPS) is 12.2. The number of carbonyl (C=O) groups is 1. The maximum atomic E-state index is 13.3. The van der Waals surface area contributed by atoms with Crippen molar-refractivity contribution in [3.05, 3.63) is 106 Å². The fourth-order valence-corrected chi connectivity index (χ4v) is 6.25. The van der Waals surface area contributed by atoms with Crippen LogP contribution in [0, 0.1) is 17.0 Å². The number of hydrogen-bond acceptors (Lipinski definition) is 7. The van der Waals surface area contributed by atoms with Crippen molar-refractivity contribution in [3.8, 4) is 0 Å². The summed E-state index contributed by atoms with van der Waals surface area (Å²) in [4.78, 5) is 39.4. The van der Waals surface area contributed by atoms with Gasteiger partial charge in [-0.25, -0.2) is 0 Å². The first-order valence-corrected chi connectivity index (χ1v) is 13.9. The van der Waals surface area contributed by atoms with Gasteiger partial charge in [0.25, 0.3) is 5.69 Å². The average Bonchev–Trinajstić information content (AvgIpc) is 3.23. The van der Waals surface area contributed by atoms with Gasteiger partial charge in [-0.3, -0.25) is 24.6 Å². The van der Waals surface area contributed by atoms with Gasteiger partial charge in [0.05, 0.1) is 27.7 Å². The average molecular weight is 604 g/mol. The first-order chi connectivity index (χ1) is 18.9. The summed E-state index contributed by atoms with van der Waals surface area (Å²) in [5.41, 5.74) is 3.02. The van der Waals surface area contributed by atoms with Gasteiger partial charge >= 0.3 is 0 Å². The fourth-order valence-electron chi connectivity index (χ4n) is 4.53. The van der Waals surface area contributed by atoms with Crippen LogP contribution in [-0.2, 0) is 31.4 Å². The van der Waals surface area contributed by atoms with Gasteiger partial charge in [-0.05, 0) is 48.9 Å². The Morgan fingerprint density at radius 1 is 1.23 bits per heavy atom. The van der Waals surface area contributed by atoms with Crippen molar-refractivity contribution >= 4 is 56.3 Å². The molecule has 0 aliphatic heterocycles. The van der Waals surface area contributed by atoms with Crippen LogP contribution in [0.2, 0.25) is 10.0 Å². The highest BCUT2D eigenvalue weighted by molar-refractivity contribution is 7.19. The first kappa shape index (κ1) is 29.7. The van der Waals surface area contributed by atoms with Crippen LogP contribution in [0.4, 0.5) is 5.69 Å². The number of amides is 1. The number of nitro groups is 1. The van der Waals surface area contributed by atoms with E-state index in [1.54, 1.807) is 24.4 Å². The van der Waals surface area contributed by atoms with Crippen molar-refractivity contribution < 1.29 is 14.8 Å². The Morgan fingerprint density at radius 2 is 1.93 bits per heavy atom. The van der Waals surface area contributed by atoms with E-state index < -0.39 is 11.0 Å². The van der Waals surface area contributed by atoms with Crippen molar-refractivity contribution in [2.24, 2.45) is 7.05 Å². The lowest BCUT2D eigenvalue weighted by molar-refractivity contribution is -0.384. The predicted octanol–water partition coefficient (Wildman–Crippen LogP) is 5.15. The Hall–Kier alpha value is -3.28. The van der Waals surface area contributed by atoms with E-state index >= 15 is 0 Å². The number of aromatic nitrogens is 1. The largest absolute Gasteiger partial charge is 0.387 e. The number of aryl methyl sites for hydroxylation is 2. The van der Waals surface area contributed by atoms with Gasteiger partial charge in [0.2, 0.25) is 11.3 Å². The van der Waals surface area contributed by atoms with Gasteiger partial charge in [0.15, 0.2) is 0 Å². The molecule has 9 nitrogen and oxygen atoms in total. The number of nitrogens with zero attached hydrogens (tertiary/aromatic N) is 3. The molecule has 1 amide bonds. The SMILES string of the molecule is Cc1c(CN(C)CC(O)c2ccc(Cl)c([N+](=O)[O-])c2)sc2c(=O)c(CC(=O)NCc3ccc(Cl)cc3)cn(C)c12. The van der Waals surface area contributed by atoms with Gasteiger partial charge < -0.3 is 15.0 Å². The maximum Gasteiger partial charge on any atom is 0.288 e. The van der Waals surface area contributed by atoms with Crippen LogP contribution in [0.3, 0.4) is 0 Å². The molecule has 1 atom stereocenters. The molecule has 4 aromatic rings. The van der Waals surface area contributed by atoms with Crippen LogP contribution in [0.5, 0.6) is 0 Å². The highest BCUT2D eigenvalue weighted by Gasteiger charge is 2.21. The lowest BCUT2D eigenvalue weighted by Gasteiger charge is -2.20. The minimum atomic E-state index is -0.972. The molecule has 0 saturated carbocycles. The zero-order valence-corrected chi connectivity index (χ0v) is 24.4. The molecule has 2 N–H and O–H groups in total. The number of nitro benzene ring substituents is 1. The molecule has 0 aliphatic rings. The number of rotatable bonds is 10. The molecular weight excluding hydrogens is 575 g/mol. The molecular formula is C28H28Cl2N4O5S. The zero-order valence-electron chi connectivity index (χ0n) is 22.1. The number of pyridine rings is 1. The third-order valence-electron chi connectivity index (χ3n) is 6.62. The van der Waals surface area contributed by atoms with Crippen molar-refractivity contribution in [1.82, 2.24) is 14.8 Å². The molecule has 1 unspecified atom stereocenters. The maximum absolute atomic E-state index is 13.3. The van der Waals surface area contributed by atoms with Crippen LogP contribution in [-0.4, -0.2) is 39.0 Å². The van der Waals surface area contributed by atoms with Crippen LogP contribution in [0.25, 0.3) is 10.2 Å². The molecule has 0 aliphatic carbocycles. The quantitative estimate of drug-likeness (QED) is 0.191. The van der Waals surface area contributed by atoms with Crippen LogP contribution in [0.1, 0.15) is 33.2 Å². The molecule has 0 spiro atoms. The standard InChI is InChI=1S/C28H28Cl2N4O5S/c1-16-24(15-32(2)14-23(35)18-6-9-21(30)22(10-18)34(38)39)40-28-26(16)33(3)13-19(27(28)37)11-25(36)31-12-17-4-7-20(29)8-5-17/h4-10,13,23,35H,11-12,14-15H2,1-3H3,(H,31,36). The van der Waals surface area contributed by atoms with E-state index in [1.165, 1.54) is 23.5 Å². The van der Waals surface area contributed by atoms with Crippen LogP contribution >= 0.6 is 34.5 Å². The summed E-state index contributed by atoms with van der Waals surface area (Å²) in [5.74, 6) is -0.254. The molecule has 0 radical (unpaired) electrons. The van der Waals surface area contributed by atoms with E-state index in [1.807, 2.05) is 42.6 Å². The zero-order chi connectivity index (χ0) is 29.1. The molecule has 40 heavy (non-hydrogen) atoms. The monoisotopic (exact) mass is 602 g/mol. The number of aliphatic hydroxyl groups excluding tert-OH is 1. The molecule has 0 saturated heterocycles. The van der Waals surface area contributed by atoms with E-state index in [0.29, 0.717) is 33.9 Å². The number of thiophene rings is 1. The summed E-state index contributed by atoms with van der Waals surface area (Å²) in [7, 11) is 3.67. The smallest absolute Gasteiger partial charge is 0.288 e. The number of likely N-dealkylation sites (N-methyl/N-ethyl adjacent to an activating group) is 1. The molecule has 2 aromatic heterocycles. The summed E-state index contributed by atoms with van der Waals surface area (Å²) in [6.45, 7) is 2.94. The van der Waals surface area contributed by atoms with E-state index in [9.17, 15) is 24.8 Å². The summed E-state index contributed by atoms with van der Waals surface area (Å²) >= 11 is 13.2. The number of aliphatic hydroxyl groups is 1. The minimum Gasteiger partial charge on any atom is -0.387 e. The van der Waals surface area contributed by atoms with Gasteiger partial charge in [0.1, 0.15) is 5.02 Å².